The second-order valence-corrected chi connectivity index (χ2v) is 4.35. The Labute approximate surface area is 117 Å². The first-order chi connectivity index (χ1) is 9.54. The summed E-state index contributed by atoms with van der Waals surface area (Å²) in [6.07, 6.45) is 0.642. The molecule has 1 rings (SSSR count). The van der Waals surface area contributed by atoms with Crippen molar-refractivity contribution in [1.82, 2.24) is 10.6 Å². The largest absolute Gasteiger partial charge is 0.385 e. The number of hydrogen-bond acceptors (Lipinski definition) is 3. The summed E-state index contributed by atoms with van der Waals surface area (Å²) < 4.78 is 17.6. The van der Waals surface area contributed by atoms with Crippen molar-refractivity contribution < 1.29 is 18.7 Å². The second kappa shape index (κ2) is 8.27. The summed E-state index contributed by atoms with van der Waals surface area (Å²) in [5.74, 6) is -1.74. The van der Waals surface area contributed by atoms with Crippen molar-refractivity contribution in [2.75, 3.05) is 20.3 Å². The molecule has 1 unspecified atom stereocenters. The van der Waals surface area contributed by atoms with Crippen LogP contribution >= 0.6 is 0 Å². The molecule has 2 amide bonds. The average Bonchev–Trinajstić information content (AvgIpc) is 2.44. The van der Waals surface area contributed by atoms with Gasteiger partial charge < -0.3 is 15.4 Å². The number of halogens is 1. The average molecular weight is 282 g/mol. The van der Waals surface area contributed by atoms with Crippen molar-refractivity contribution in [2.24, 2.45) is 0 Å². The first-order valence-electron chi connectivity index (χ1n) is 6.37. The van der Waals surface area contributed by atoms with Gasteiger partial charge in [0.15, 0.2) is 0 Å². The number of hydrogen-bond donors (Lipinski definition) is 2. The van der Waals surface area contributed by atoms with Crippen molar-refractivity contribution in [3.05, 3.63) is 35.6 Å². The second-order valence-electron chi connectivity index (χ2n) is 4.35. The zero-order chi connectivity index (χ0) is 15.0. The van der Waals surface area contributed by atoms with Crippen molar-refractivity contribution in [3.63, 3.8) is 0 Å². The molecular weight excluding hydrogens is 263 g/mol. The Bertz CT molecular complexity index is 448. The zero-order valence-corrected chi connectivity index (χ0v) is 11.6. The van der Waals surface area contributed by atoms with Crippen LogP contribution < -0.4 is 10.6 Å². The van der Waals surface area contributed by atoms with Crippen LogP contribution in [0.1, 0.15) is 24.9 Å². The van der Waals surface area contributed by atoms with Gasteiger partial charge in [-0.1, -0.05) is 12.1 Å². The number of carbonyl (C=O) groups is 2. The minimum atomic E-state index is -0.709. The van der Waals surface area contributed by atoms with Gasteiger partial charge in [0.1, 0.15) is 5.82 Å². The fourth-order valence-electron chi connectivity index (χ4n) is 1.60. The highest BCUT2D eigenvalue weighted by atomic mass is 19.1. The molecule has 1 aromatic rings. The summed E-state index contributed by atoms with van der Waals surface area (Å²) in [7, 11) is 1.57. The fraction of sp³-hybridized carbons (Fsp3) is 0.429. The molecule has 0 saturated carbocycles. The Kier molecular flexibility index (Phi) is 6.66. The van der Waals surface area contributed by atoms with E-state index in [9.17, 15) is 14.0 Å². The standard InChI is InChI=1S/C14H19FN2O3/c1-10(11-4-6-12(15)7-5-11)17-14(19)13(18)16-8-3-9-20-2/h4-7,10H,3,8-9H2,1-2H3,(H,16,18)(H,17,19). The minimum Gasteiger partial charge on any atom is -0.385 e. The normalized spacial score (nSPS) is 11.8. The van der Waals surface area contributed by atoms with Crippen LogP contribution in [0.15, 0.2) is 24.3 Å². The van der Waals surface area contributed by atoms with Gasteiger partial charge >= 0.3 is 11.8 Å². The van der Waals surface area contributed by atoms with E-state index in [0.717, 1.165) is 5.56 Å². The van der Waals surface area contributed by atoms with E-state index in [2.05, 4.69) is 10.6 Å². The van der Waals surface area contributed by atoms with Crippen molar-refractivity contribution in [1.29, 1.82) is 0 Å². The third-order valence-corrected chi connectivity index (χ3v) is 2.73. The van der Waals surface area contributed by atoms with Gasteiger partial charge in [-0.2, -0.15) is 0 Å². The van der Waals surface area contributed by atoms with E-state index in [-0.39, 0.29) is 11.9 Å². The predicted octanol–water partition coefficient (Wildman–Crippen LogP) is 1.16. The summed E-state index contributed by atoms with van der Waals surface area (Å²) in [6, 6.07) is 5.38. The molecule has 0 heterocycles. The highest BCUT2D eigenvalue weighted by molar-refractivity contribution is 6.35. The SMILES string of the molecule is COCCCNC(=O)C(=O)NC(C)c1ccc(F)cc1. The number of nitrogens with one attached hydrogen (secondary N) is 2. The Morgan fingerprint density at radius 2 is 1.90 bits per heavy atom. The summed E-state index contributed by atoms with van der Waals surface area (Å²) in [4.78, 5) is 23.1. The molecule has 20 heavy (non-hydrogen) atoms. The van der Waals surface area contributed by atoms with Crippen LogP contribution in [0.3, 0.4) is 0 Å². The van der Waals surface area contributed by atoms with Crippen molar-refractivity contribution >= 4 is 11.8 Å². The van der Waals surface area contributed by atoms with Gasteiger partial charge in [0.25, 0.3) is 0 Å². The van der Waals surface area contributed by atoms with Gasteiger partial charge in [0, 0.05) is 20.3 Å². The molecule has 1 aromatic carbocycles. The molecule has 2 N–H and O–H groups in total. The first-order valence-corrected chi connectivity index (χ1v) is 6.37. The first kappa shape index (κ1) is 16.1. The van der Waals surface area contributed by atoms with Gasteiger partial charge in [0.2, 0.25) is 0 Å². The number of benzene rings is 1. The third kappa shape index (κ3) is 5.36. The molecule has 0 aliphatic heterocycles. The Hall–Kier alpha value is -1.95. The number of ether oxygens (including phenoxy) is 1. The smallest absolute Gasteiger partial charge is 0.309 e. The number of methoxy groups -OCH3 is 1. The topological polar surface area (TPSA) is 67.4 Å². The van der Waals surface area contributed by atoms with Gasteiger partial charge in [0.05, 0.1) is 6.04 Å². The molecule has 0 aromatic heterocycles. The highest BCUT2D eigenvalue weighted by Gasteiger charge is 2.16. The predicted molar refractivity (Wildman–Crippen MR) is 72.5 cm³/mol. The summed E-state index contributed by atoms with van der Waals surface area (Å²) in [6.45, 7) is 2.63. The fourth-order valence-corrected chi connectivity index (χ4v) is 1.60. The van der Waals surface area contributed by atoms with Crippen LogP contribution in [0.4, 0.5) is 4.39 Å². The molecule has 110 valence electrons. The maximum absolute atomic E-state index is 12.8. The van der Waals surface area contributed by atoms with Crippen LogP contribution in [0.2, 0.25) is 0 Å². The molecule has 0 radical (unpaired) electrons. The van der Waals surface area contributed by atoms with E-state index in [4.69, 9.17) is 4.74 Å². The van der Waals surface area contributed by atoms with Crippen LogP contribution in [0.25, 0.3) is 0 Å². The Balaban J connectivity index is 2.40. The molecule has 0 aliphatic carbocycles. The van der Waals surface area contributed by atoms with Crippen molar-refractivity contribution in [2.45, 2.75) is 19.4 Å². The summed E-state index contributed by atoms with van der Waals surface area (Å²) >= 11 is 0. The van der Waals surface area contributed by atoms with E-state index in [1.807, 2.05) is 0 Å². The molecule has 5 nitrogen and oxygen atoms in total. The summed E-state index contributed by atoms with van der Waals surface area (Å²) in [5, 5.41) is 5.04. The quantitative estimate of drug-likeness (QED) is 0.607. The van der Waals surface area contributed by atoms with E-state index < -0.39 is 11.8 Å². The van der Waals surface area contributed by atoms with E-state index in [1.165, 1.54) is 12.1 Å². The van der Waals surface area contributed by atoms with Crippen LogP contribution in [0, 0.1) is 5.82 Å². The lowest BCUT2D eigenvalue weighted by Crippen LogP contribution is -2.41. The van der Waals surface area contributed by atoms with Gasteiger partial charge in [-0.15, -0.1) is 0 Å². The van der Waals surface area contributed by atoms with Gasteiger partial charge in [-0.3, -0.25) is 9.59 Å². The number of amides is 2. The molecule has 0 spiro atoms. The molecule has 1 atom stereocenters. The van der Waals surface area contributed by atoms with E-state index >= 15 is 0 Å². The Morgan fingerprint density at radius 3 is 2.50 bits per heavy atom. The molecular formula is C14H19FN2O3. The van der Waals surface area contributed by atoms with Gasteiger partial charge in [-0.05, 0) is 31.0 Å². The van der Waals surface area contributed by atoms with Crippen LogP contribution in [0.5, 0.6) is 0 Å². The highest BCUT2D eigenvalue weighted by Crippen LogP contribution is 2.12. The molecule has 0 bridgehead atoms. The maximum atomic E-state index is 12.8. The lowest BCUT2D eigenvalue weighted by Gasteiger charge is -2.14. The van der Waals surface area contributed by atoms with E-state index in [0.29, 0.717) is 19.6 Å². The maximum Gasteiger partial charge on any atom is 0.309 e. The van der Waals surface area contributed by atoms with Crippen LogP contribution in [-0.4, -0.2) is 32.1 Å². The molecule has 0 saturated heterocycles. The van der Waals surface area contributed by atoms with Crippen LogP contribution in [-0.2, 0) is 14.3 Å². The molecule has 0 fully saturated rings. The number of carbonyl (C=O) groups excluding carboxylic acids is 2. The number of rotatable bonds is 6. The third-order valence-electron chi connectivity index (χ3n) is 2.73. The molecule has 0 aliphatic rings. The van der Waals surface area contributed by atoms with Crippen molar-refractivity contribution in [3.8, 4) is 0 Å². The van der Waals surface area contributed by atoms with E-state index in [1.54, 1.807) is 26.2 Å². The lowest BCUT2D eigenvalue weighted by atomic mass is 10.1. The molecule has 6 heteroatoms. The monoisotopic (exact) mass is 282 g/mol. The lowest BCUT2D eigenvalue weighted by molar-refractivity contribution is -0.139. The zero-order valence-electron chi connectivity index (χ0n) is 11.6. The summed E-state index contributed by atoms with van der Waals surface area (Å²) in [5.41, 5.74) is 0.729. The minimum absolute atomic E-state index is 0.344. The van der Waals surface area contributed by atoms with Gasteiger partial charge in [-0.25, -0.2) is 4.39 Å². The Morgan fingerprint density at radius 1 is 1.25 bits per heavy atom.